The van der Waals surface area contributed by atoms with Gasteiger partial charge in [-0.05, 0) is 62.1 Å². The van der Waals surface area contributed by atoms with E-state index in [9.17, 15) is 9.18 Å². The Morgan fingerprint density at radius 1 is 1.21 bits per heavy atom. The predicted octanol–water partition coefficient (Wildman–Crippen LogP) is 3.22. The number of hydrogen-bond donors (Lipinski definition) is 3. The molecule has 3 aromatic rings. The number of pyridine rings is 1. The lowest BCUT2D eigenvalue weighted by molar-refractivity contribution is 0.102. The van der Waals surface area contributed by atoms with Crippen LogP contribution in [-0.2, 0) is 0 Å². The fourth-order valence-corrected chi connectivity index (χ4v) is 3.62. The van der Waals surface area contributed by atoms with E-state index >= 15 is 0 Å². The fraction of sp³-hybridized carbons (Fsp3) is 0.273. The van der Waals surface area contributed by atoms with Gasteiger partial charge in [-0.15, -0.1) is 6.42 Å². The van der Waals surface area contributed by atoms with E-state index in [-0.39, 0.29) is 23.8 Å². The highest BCUT2D eigenvalue weighted by molar-refractivity contribution is 6.05. The first-order valence-corrected chi connectivity index (χ1v) is 9.60. The second kappa shape index (κ2) is 7.94. The molecule has 6 nitrogen and oxygen atoms in total. The standard InChI is InChI=1S/C22H22FN5O/c1-2-20-12-14-11-15(22(29)26-18-7-3-16(23)4-8-18)13-25-21(14)28(20)27-19-9-5-17(24)6-10-19/h1,3-4,7-8,11-13,17,19,27H,5-6,9-10,24H2,(H,26,29). The molecule has 7 heteroatoms. The molecule has 0 saturated heterocycles. The van der Waals surface area contributed by atoms with Crippen molar-refractivity contribution >= 4 is 22.6 Å². The third-order valence-corrected chi connectivity index (χ3v) is 5.24. The number of nitrogens with two attached hydrogens (primary N) is 1. The quantitative estimate of drug-likeness (QED) is 0.596. The molecule has 29 heavy (non-hydrogen) atoms. The van der Waals surface area contributed by atoms with Gasteiger partial charge >= 0.3 is 0 Å². The first-order valence-electron chi connectivity index (χ1n) is 9.60. The number of amides is 1. The summed E-state index contributed by atoms with van der Waals surface area (Å²) < 4.78 is 14.8. The van der Waals surface area contributed by atoms with Gasteiger partial charge in [-0.1, -0.05) is 5.92 Å². The second-order valence-electron chi connectivity index (χ2n) is 7.35. The molecule has 1 aliphatic carbocycles. The Balaban J connectivity index is 1.57. The summed E-state index contributed by atoms with van der Waals surface area (Å²) in [5.74, 6) is 1.99. The first kappa shape index (κ1) is 19.0. The van der Waals surface area contributed by atoms with Crippen LogP contribution in [-0.4, -0.2) is 27.7 Å². The Morgan fingerprint density at radius 3 is 2.62 bits per heavy atom. The van der Waals surface area contributed by atoms with Crippen molar-refractivity contribution in [2.24, 2.45) is 5.73 Å². The minimum Gasteiger partial charge on any atom is -0.328 e. The van der Waals surface area contributed by atoms with Gasteiger partial charge in [-0.3, -0.25) is 4.79 Å². The van der Waals surface area contributed by atoms with Gasteiger partial charge in [0.25, 0.3) is 5.91 Å². The zero-order valence-corrected chi connectivity index (χ0v) is 15.9. The van der Waals surface area contributed by atoms with Gasteiger partial charge in [0.15, 0.2) is 5.65 Å². The van der Waals surface area contributed by atoms with Crippen LogP contribution in [0.4, 0.5) is 10.1 Å². The summed E-state index contributed by atoms with van der Waals surface area (Å²) in [6.07, 6.45) is 11.1. The minimum absolute atomic E-state index is 0.266. The molecule has 148 valence electrons. The number of anilines is 1. The van der Waals surface area contributed by atoms with Gasteiger partial charge in [0.2, 0.25) is 0 Å². The minimum atomic E-state index is -0.360. The summed E-state index contributed by atoms with van der Waals surface area (Å²) >= 11 is 0. The zero-order chi connectivity index (χ0) is 20.4. The van der Waals surface area contributed by atoms with Crippen LogP contribution < -0.4 is 16.5 Å². The van der Waals surface area contributed by atoms with E-state index in [2.05, 4.69) is 21.6 Å². The average molecular weight is 391 g/mol. The van der Waals surface area contributed by atoms with Crippen molar-refractivity contribution < 1.29 is 9.18 Å². The highest BCUT2D eigenvalue weighted by Crippen LogP contribution is 2.22. The van der Waals surface area contributed by atoms with Crippen LogP contribution in [0, 0.1) is 18.2 Å². The molecule has 4 N–H and O–H groups in total. The van der Waals surface area contributed by atoms with E-state index in [1.54, 1.807) is 6.07 Å². The van der Waals surface area contributed by atoms with E-state index in [1.165, 1.54) is 30.5 Å². The van der Waals surface area contributed by atoms with Crippen molar-refractivity contribution in [1.29, 1.82) is 0 Å². The largest absolute Gasteiger partial charge is 0.328 e. The molecule has 2 heterocycles. The number of hydrogen-bond acceptors (Lipinski definition) is 4. The third-order valence-electron chi connectivity index (χ3n) is 5.24. The summed E-state index contributed by atoms with van der Waals surface area (Å²) in [6.45, 7) is 0. The number of nitrogens with one attached hydrogen (secondary N) is 2. The van der Waals surface area contributed by atoms with Crippen molar-refractivity contribution in [3.63, 3.8) is 0 Å². The summed E-state index contributed by atoms with van der Waals surface area (Å²) in [4.78, 5) is 17.0. The van der Waals surface area contributed by atoms with Gasteiger partial charge in [-0.2, -0.15) is 0 Å². The molecule has 0 radical (unpaired) electrons. The molecule has 0 unspecified atom stereocenters. The molecule has 0 atom stereocenters. The number of rotatable bonds is 4. The fourth-order valence-electron chi connectivity index (χ4n) is 3.62. The van der Waals surface area contributed by atoms with Gasteiger partial charge < -0.3 is 16.5 Å². The third kappa shape index (κ3) is 4.08. The molecular weight excluding hydrogens is 369 g/mol. The van der Waals surface area contributed by atoms with Crippen LogP contribution in [0.5, 0.6) is 0 Å². The highest BCUT2D eigenvalue weighted by Gasteiger charge is 2.20. The number of terminal acetylenes is 1. The maximum atomic E-state index is 13.0. The van der Waals surface area contributed by atoms with Crippen LogP contribution in [0.25, 0.3) is 11.0 Å². The SMILES string of the molecule is C#Cc1cc2cc(C(=O)Nc3ccc(F)cc3)cnc2n1NC1CCC(N)CC1. The number of fused-ring (bicyclic) bond motifs is 1. The van der Waals surface area contributed by atoms with Crippen molar-refractivity contribution in [3.05, 3.63) is 59.7 Å². The van der Waals surface area contributed by atoms with Gasteiger partial charge in [0.1, 0.15) is 11.5 Å². The Bertz CT molecular complexity index is 1080. The van der Waals surface area contributed by atoms with E-state index < -0.39 is 0 Å². The normalized spacial score (nSPS) is 18.9. The Kier molecular flexibility index (Phi) is 5.19. The Labute approximate surface area is 168 Å². The summed E-state index contributed by atoms with van der Waals surface area (Å²) in [5.41, 5.74) is 11.7. The molecule has 0 bridgehead atoms. The van der Waals surface area contributed by atoms with E-state index in [0.717, 1.165) is 31.1 Å². The summed E-state index contributed by atoms with van der Waals surface area (Å²) in [5, 5.41) is 3.50. The molecule has 1 aromatic carbocycles. The molecule has 1 fully saturated rings. The van der Waals surface area contributed by atoms with Gasteiger partial charge in [0, 0.05) is 29.4 Å². The molecule has 1 saturated carbocycles. The zero-order valence-electron chi connectivity index (χ0n) is 15.9. The molecule has 4 rings (SSSR count). The Hall–Kier alpha value is -3.37. The van der Waals surface area contributed by atoms with Gasteiger partial charge in [-0.25, -0.2) is 14.1 Å². The van der Waals surface area contributed by atoms with Crippen LogP contribution >= 0.6 is 0 Å². The molecular formula is C22H22FN5O. The Morgan fingerprint density at radius 2 is 1.93 bits per heavy atom. The lowest BCUT2D eigenvalue weighted by Gasteiger charge is -2.28. The molecule has 1 amide bonds. The lowest BCUT2D eigenvalue weighted by atomic mass is 9.92. The monoisotopic (exact) mass is 391 g/mol. The molecule has 0 spiro atoms. The van der Waals surface area contributed by atoms with Crippen molar-refractivity contribution in [3.8, 4) is 12.3 Å². The maximum Gasteiger partial charge on any atom is 0.257 e. The second-order valence-corrected chi connectivity index (χ2v) is 7.35. The van der Waals surface area contributed by atoms with Gasteiger partial charge in [0.05, 0.1) is 5.56 Å². The summed E-state index contributed by atoms with van der Waals surface area (Å²) in [7, 11) is 0. The number of carbonyl (C=O) groups is 1. The highest BCUT2D eigenvalue weighted by atomic mass is 19.1. The van der Waals surface area contributed by atoms with Crippen molar-refractivity contribution in [2.75, 3.05) is 10.7 Å². The number of halogens is 1. The van der Waals surface area contributed by atoms with Crippen LogP contribution in [0.3, 0.4) is 0 Å². The molecule has 2 aromatic heterocycles. The smallest absolute Gasteiger partial charge is 0.257 e. The maximum absolute atomic E-state index is 13.0. The van der Waals surface area contributed by atoms with E-state index in [1.807, 2.05) is 10.7 Å². The first-order chi connectivity index (χ1) is 14.0. The van der Waals surface area contributed by atoms with Crippen molar-refractivity contribution in [2.45, 2.75) is 37.8 Å². The topological polar surface area (TPSA) is 85.0 Å². The molecule has 0 aliphatic heterocycles. The van der Waals surface area contributed by atoms with E-state index in [0.29, 0.717) is 22.6 Å². The van der Waals surface area contributed by atoms with Crippen LogP contribution in [0.1, 0.15) is 41.7 Å². The van der Waals surface area contributed by atoms with Crippen LogP contribution in [0.2, 0.25) is 0 Å². The number of nitrogens with zero attached hydrogens (tertiary/aromatic N) is 2. The average Bonchev–Trinajstić information content (AvgIpc) is 3.08. The van der Waals surface area contributed by atoms with Crippen molar-refractivity contribution in [1.82, 2.24) is 9.66 Å². The number of aromatic nitrogens is 2. The van der Waals surface area contributed by atoms with E-state index in [4.69, 9.17) is 12.2 Å². The number of carbonyl (C=O) groups excluding carboxylic acids is 1. The lowest BCUT2D eigenvalue weighted by Crippen LogP contribution is -2.36. The number of benzene rings is 1. The molecule has 1 aliphatic rings. The predicted molar refractivity (Wildman–Crippen MR) is 112 cm³/mol. The summed E-state index contributed by atoms with van der Waals surface area (Å²) in [6, 6.07) is 9.72. The van der Waals surface area contributed by atoms with Crippen LogP contribution in [0.15, 0.2) is 42.6 Å².